The second-order valence-electron chi connectivity index (χ2n) is 7.73. The lowest BCUT2D eigenvalue weighted by molar-refractivity contribution is -0.116. The van der Waals surface area contributed by atoms with Crippen molar-refractivity contribution >= 4 is 22.2 Å². The molecule has 5 nitrogen and oxygen atoms in total. The van der Waals surface area contributed by atoms with Crippen molar-refractivity contribution in [2.45, 2.75) is 76.7 Å². The normalized spacial score (nSPS) is 18.0. The summed E-state index contributed by atoms with van der Waals surface area (Å²) in [5.41, 5.74) is 1.85. The fraction of sp³-hybridized carbons (Fsp3) is 0.714. The van der Waals surface area contributed by atoms with Crippen LogP contribution in [0.3, 0.4) is 0 Å². The third-order valence-electron chi connectivity index (χ3n) is 5.89. The van der Waals surface area contributed by atoms with Crippen LogP contribution in [-0.4, -0.2) is 41.7 Å². The van der Waals surface area contributed by atoms with Gasteiger partial charge in [0, 0.05) is 30.4 Å². The summed E-state index contributed by atoms with van der Waals surface area (Å²) in [6.45, 7) is 1.44. The minimum Gasteiger partial charge on any atom is -0.395 e. The highest BCUT2D eigenvalue weighted by Gasteiger charge is 2.23. The Bertz CT molecular complexity index is 674. The summed E-state index contributed by atoms with van der Waals surface area (Å²) in [6.07, 6.45) is 12.0. The summed E-state index contributed by atoms with van der Waals surface area (Å²) in [7, 11) is 0. The molecule has 0 atom stereocenters. The lowest BCUT2D eigenvalue weighted by Gasteiger charge is -2.33. The summed E-state index contributed by atoms with van der Waals surface area (Å²) in [5.74, 6) is -0.0262. The molecule has 0 radical (unpaired) electrons. The molecule has 3 rings (SSSR count). The molecule has 0 bridgehead atoms. The summed E-state index contributed by atoms with van der Waals surface area (Å²) in [4.78, 5) is 16.1. The van der Waals surface area contributed by atoms with E-state index in [4.69, 9.17) is 0 Å². The number of nitrogens with one attached hydrogen (secondary N) is 1. The lowest BCUT2D eigenvalue weighted by atomic mass is 9.94. The van der Waals surface area contributed by atoms with E-state index in [1.54, 1.807) is 11.3 Å². The fourth-order valence-corrected chi connectivity index (χ4v) is 5.69. The number of anilines is 1. The molecule has 2 N–H and O–H groups in total. The van der Waals surface area contributed by atoms with Crippen LogP contribution in [0.15, 0.2) is 0 Å². The number of thiophene rings is 1. The van der Waals surface area contributed by atoms with Gasteiger partial charge in [-0.1, -0.05) is 25.7 Å². The molecule has 148 valence electrons. The van der Waals surface area contributed by atoms with Gasteiger partial charge in [-0.2, -0.15) is 5.26 Å². The summed E-state index contributed by atoms with van der Waals surface area (Å²) in [5, 5.41) is 22.7. The molecule has 2 aliphatic rings. The van der Waals surface area contributed by atoms with Gasteiger partial charge in [0.25, 0.3) is 0 Å². The molecule has 0 aromatic carbocycles. The SMILES string of the molecule is N#Cc1c(NC(=O)CCN(CCO)C2CCCCC2)sc2c1CCCCC2. The number of aliphatic hydroxyl groups is 1. The second-order valence-corrected chi connectivity index (χ2v) is 8.84. The zero-order valence-corrected chi connectivity index (χ0v) is 17.0. The number of carbonyl (C=O) groups is 1. The third kappa shape index (κ3) is 5.31. The number of aliphatic hydroxyl groups excluding tert-OH is 1. The Morgan fingerprint density at radius 2 is 1.89 bits per heavy atom. The van der Waals surface area contributed by atoms with Crippen molar-refractivity contribution in [2.24, 2.45) is 0 Å². The van der Waals surface area contributed by atoms with Gasteiger partial charge in [0.1, 0.15) is 11.1 Å². The molecule has 1 saturated carbocycles. The number of fused-ring (bicyclic) bond motifs is 1. The Morgan fingerprint density at radius 1 is 1.15 bits per heavy atom. The number of aryl methyl sites for hydroxylation is 1. The van der Waals surface area contributed by atoms with Gasteiger partial charge < -0.3 is 10.4 Å². The van der Waals surface area contributed by atoms with Gasteiger partial charge in [-0.15, -0.1) is 11.3 Å². The first-order valence-corrected chi connectivity index (χ1v) is 11.2. The molecule has 0 unspecified atom stereocenters. The van der Waals surface area contributed by atoms with Gasteiger partial charge in [-0.3, -0.25) is 9.69 Å². The third-order valence-corrected chi connectivity index (χ3v) is 7.10. The highest BCUT2D eigenvalue weighted by atomic mass is 32.1. The van der Waals surface area contributed by atoms with Crippen LogP contribution in [0.1, 0.15) is 73.8 Å². The maximum Gasteiger partial charge on any atom is 0.226 e. The van der Waals surface area contributed by atoms with E-state index in [0.29, 0.717) is 31.1 Å². The molecule has 6 heteroatoms. The van der Waals surface area contributed by atoms with Crippen molar-refractivity contribution in [1.29, 1.82) is 5.26 Å². The van der Waals surface area contributed by atoms with Crippen LogP contribution in [-0.2, 0) is 17.6 Å². The average Bonchev–Trinajstić information content (AvgIpc) is 2.85. The molecule has 0 saturated heterocycles. The van der Waals surface area contributed by atoms with Crippen molar-refractivity contribution in [2.75, 3.05) is 25.0 Å². The van der Waals surface area contributed by atoms with Crippen LogP contribution < -0.4 is 5.32 Å². The molecular formula is C21H31N3O2S. The predicted molar refractivity (Wildman–Crippen MR) is 109 cm³/mol. The van der Waals surface area contributed by atoms with Crippen LogP contribution in [0, 0.1) is 11.3 Å². The minimum absolute atomic E-state index is 0.0262. The van der Waals surface area contributed by atoms with Crippen molar-refractivity contribution in [3.8, 4) is 6.07 Å². The molecule has 1 amide bonds. The number of carbonyl (C=O) groups excluding carboxylic acids is 1. The van der Waals surface area contributed by atoms with E-state index in [9.17, 15) is 15.2 Å². The van der Waals surface area contributed by atoms with Crippen molar-refractivity contribution in [3.63, 3.8) is 0 Å². The Balaban J connectivity index is 1.59. The minimum atomic E-state index is -0.0262. The van der Waals surface area contributed by atoms with Gasteiger partial charge >= 0.3 is 0 Å². The number of hydrogen-bond donors (Lipinski definition) is 2. The Hall–Kier alpha value is -1.42. The largest absolute Gasteiger partial charge is 0.395 e. The van der Waals surface area contributed by atoms with Crippen LogP contribution in [0.25, 0.3) is 0 Å². The maximum absolute atomic E-state index is 12.5. The van der Waals surface area contributed by atoms with E-state index >= 15 is 0 Å². The lowest BCUT2D eigenvalue weighted by Crippen LogP contribution is -2.40. The number of rotatable bonds is 7. The van der Waals surface area contributed by atoms with Gasteiger partial charge in [-0.25, -0.2) is 0 Å². The summed E-state index contributed by atoms with van der Waals surface area (Å²) >= 11 is 1.59. The van der Waals surface area contributed by atoms with Crippen molar-refractivity contribution in [3.05, 3.63) is 16.0 Å². The van der Waals surface area contributed by atoms with Crippen molar-refractivity contribution in [1.82, 2.24) is 4.90 Å². The van der Waals surface area contributed by atoms with E-state index in [0.717, 1.165) is 37.1 Å². The molecule has 1 heterocycles. The second kappa shape index (κ2) is 10.2. The maximum atomic E-state index is 12.5. The number of nitriles is 1. The molecular weight excluding hydrogens is 358 g/mol. The van der Waals surface area contributed by atoms with Gasteiger partial charge in [0.15, 0.2) is 0 Å². The van der Waals surface area contributed by atoms with Crippen LogP contribution in [0.4, 0.5) is 5.00 Å². The molecule has 1 aromatic rings. The fourth-order valence-electron chi connectivity index (χ4n) is 4.43. The molecule has 0 aliphatic heterocycles. The average molecular weight is 390 g/mol. The van der Waals surface area contributed by atoms with E-state index in [1.807, 2.05) is 0 Å². The summed E-state index contributed by atoms with van der Waals surface area (Å²) in [6, 6.07) is 2.82. The standard InChI is InChI=1S/C21H31N3O2S/c22-15-18-17-9-5-2-6-10-19(17)27-21(18)23-20(26)11-12-24(13-14-25)16-7-3-1-4-8-16/h16,25H,1-14H2,(H,23,26). The Morgan fingerprint density at radius 3 is 2.63 bits per heavy atom. The quantitative estimate of drug-likeness (QED) is 0.695. The Kier molecular flexibility index (Phi) is 7.69. The topological polar surface area (TPSA) is 76.4 Å². The summed E-state index contributed by atoms with van der Waals surface area (Å²) < 4.78 is 0. The van der Waals surface area contributed by atoms with Crippen LogP contribution in [0.5, 0.6) is 0 Å². The van der Waals surface area contributed by atoms with E-state index in [-0.39, 0.29) is 12.5 Å². The van der Waals surface area contributed by atoms with E-state index in [2.05, 4.69) is 16.3 Å². The predicted octanol–water partition coefficient (Wildman–Crippen LogP) is 3.84. The molecule has 1 aromatic heterocycles. The van der Waals surface area contributed by atoms with Crippen molar-refractivity contribution < 1.29 is 9.90 Å². The molecule has 2 aliphatic carbocycles. The highest BCUT2D eigenvalue weighted by molar-refractivity contribution is 7.16. The Labute approximate surface area is 166 Å². The number of amides is 1. The first kappa shape index (κ1) is 20.3. The van der Waals surface area contributed by atoms with E-state index in [1.165, 1.54) is 42.5 Å². The van der Waals surface area contributed by atoms with Gasteiger partial charge in [-0.05, 0) is 44.1 Å². The number of hydrogen-bond acceptors (Lipinski definition) is 5. The highest BCUT2D eigenvalue weighted by Crippen LogP contribution is 2.37. The molecule has 0 spiro atoms. The zero-order valence-electron chi connectivity index (χ0n) is 16.1. The molecule has 1 fully saturated rings. The zero-order chi connectivity index (χ0) is 19.1. The van der Waals surface area contributed by atoms with Gasteiger partial charge in [0.2, 0.25) is 5.91 Å². The van der Waals surface area contributed by atoms with E-state index < -0.39 is 0 Å². The van der Waals surface area contributed by atoms with Crippen LogP contribution >= 0.6 is 11.3 Å². The smallest absolute Gasteiger partial charge is 0.226 e. The monoisotopic (exact) mass is 389 g/mol. The first-order valence-electron chi connectivity index (χ1n) is 10.4. The van der Waals surface area contributed by atoms with Crippen LogP contribution in [0.2, 0.25) is 0 Å². The first-order chi connectivity index (χ1) is 13.2. The molecule has 27 heavy (non-hydrogen) atoms. The number of nitrogens with zero attached hydrogens (tertiary/aromatic N) is 2. The van der Waals surface area contributed by atoms with Gasteiger partial charge in [0.05, 0.1) is 12.2 Å².